The first kappa shape index (κ1) is 14.8. The van der Waals surface area contributed by atoms with Gasteiger partial charge in [-0.1, -0.05) is 60.7 Å². The van der Waals surface area contributed by atoms with Crippen LogP contribution in [0, 0.1) is 13.8 Å². The molecule has 2 aromatic carbocycles. The minimum Gasteiger partial charge on any atom is -0.226 e. The largest absolute Gasteiger partial charge is 0.226 e. The Kier molecular flexibility index (Phi) is 3.32. The molecule has 2 aliphatic carbocycles. The topological polar surface area (TPSA) is 0 Å². The van der Waals surface area contributed by atoms with Crippen LogP contribution in [0.4, 0.5) is 0 Å². The Hall–Kier alpha value is -1.73. The molecule has 0 atom stereocenters. The Labute approximate surface area is 141 Å². The highest BCUT2D eigenvalue weighted by Crippen LogP contribution is 2.67. The third-order valence-corrected chi connectivity index (χ3v) is 8.89. The molecule has 0 nitrogen and oxygen atoms in total. The first-order valence-corrected chi connectivity index (χ1v) is 10.8. The molecule has 0 spiro atoms. The quantitative estimate of drug-likeness (QED) is 0.643. The maximum atomic E-state index is 2.51. The molecule has 0 unspecified atom stereocenters. The van der Waals surface area contributed by atoms with Gasteiger partial charge in [-0.15, -0.1) is 0 Å². The van der Waals surface area contributed by atoms with E-state index in [-0.39, 0.29) is 0 Å². The average Bonchev–Trinajstić information content (AvgIpc) is 3.14. The third kappa shape index (κ3) is 2.06. The molecule has 0 amide bonds. The summed E-state index contributed by atoms with van der Waals surface area (Å²) in [7, 11) is -0.872. The summed E-state index contributed by atoms with van der Waals surface area (Å²) < 4.78 is 0. The van der Waals surface area contributed by atoms with E-state index in [1.807, 2.05) is 0 Å². The van der Waals surface area contributed by atoms with E-state index >= 15 is 0 Å². The summed E-state index contributed by atoms with van der Waals surface area (Å²) in [6.07, 6.45) is 14.2. The van der Waals surface area contributed by atoms with Crippen molar-refractivity contribution in [3.63, 3.8) is 0 Å². The van der Waals surface area contributed by atoms with Crippen LogP contribution in [0.5, 0.6) is 0 Å². The van der Waals surface area contributed by atoms with E-state index in [4.69, 9.17) is 0 Å². The van der Waals surface area contributed by atoms with Crippen molar-refractivity contribution in [3.8, 4) is 11.1 Å². The maximum Gasteiger partial charge on any atom is 0.0407 e. The highest BCUT2D eigenvalue weighted by molar-refractivity contribution is 8.33. The van der Waals surface area contributed by atoms with E-state index in [1.54, 1.807) is 11.1 Å². The molecular formula is C22H24S. The molecule has 2 aromatic rings. The number of aryl methyl sites for hydroxylation is 2. The summed E-state index contributed by atoms with van der Waals surface area (Å²) in [5, 5.41) is 1.11. The van der Waals surface area contributed by atoms with Crippen molar-refractivity contribution in [1.29, 1.82) is 0 Å². The lowest BCUT2D eigenvalue weighted by Gasteiger charge is -2.43. The number of hydrogen-bond acceptors (Lipinski definition) is 0. The van der Waals surface area contributed by atoms with Crippen LogP contribution in [0.25, 0.3) is 11.1 Å². The van der Waals surface area contributed by atoms with Crippen LogP contribution >= 0.6 is 10.0 Å². The molecule has 23 heavy (non-hydrogen) atoms. The third-order valence-electron chi connectivity index (χ3n) is 5.45. The summed E-state index contributed by atoms with van der Waals surface area (Å²) in [6, 6.07) is 13.7. The van der Waals surface area contributed by atoms with E-state index in [9.17, 15) is 0 Å². The van der Waals surface area contributed by atoms with Gasteiger partial charge >= 0.3 is 0 Å². The Morgan fingerprint density at radius 1 is 0.739 bits per heavy atom. The fourth-order valence-electron chi connectivity index (χ4n) is 4.30. The van der Waals surface area contributed by atoms with E-state index in [2.05, 4.69) is 87.1 Å². The minimum absolute atomic E-state index is 0.532. The van der Waals surface area contributed by atoms with Gasteiger partial charge in [0, 0.05) is 10.5 Å². The number of rotatable bonds is 2. The second kappa shape index (κ2) is 5.14. The highest BCUT2D eigenvalue weighted by Gasteiger charge is 2.40. The van der Waals surface area contributed by atoms with Crippen LogP contribution in [-0.4, -0.2) is 17.8 Å². The monoisotopic (exact) mass is 320 g/mol. The number of fused-ring (bicyclic) bond motifs is 3. The predicted octanol–water partition coefficient (Wildman–Crippen LogP) is 5.93. The van der Waals surface area contributed by atoms with Crippen molar-refractivity contribution in [3.05, 3.63) is 83.0 Å². The van der Waals surface area contributed by atoms with Crippen LogP contribution < -0.4 is 0 Å². The summed E-state index contributed by atoms with van der Waals surface area (Å²) in [5.74, 6) is 0. The molecule has 0 radical (unpaired) electrons. The molecule has 0 saturated carbocycles. The smallest absolute Gasteiger partial charge is 0.0407 e. The summed E-state index contributed by atoms with van der Waals surface area (Å²) >= 11 is 0. The van der Waals surface area contributed by atoms with Gasteiger partial charge in [-0.25, -0.2) is 10.0 Å². The van der Waals surface area contributed by atoms with E-state index in [0.717, 1.165) is 0 Å². The molecule has 0 fully saturated rings. The standard InChI is InChI=1S/C22H24S/c1-15-9-7-13-18-20(15)21-16(2)10-8-14-19(21)22(18)23(3,4)17-11-5-6-12-17/h5-14,17,22H,1-4H3. The van der Waals surface area contributed by atoms with Gasteiger partial charge in [-0.2, -0.15) is 0 Å². The molecule has 0 saturated heterocycles. The zero-order chi connectivity index (χ0) is 16.2. The van der Waals surface area contributed by atoms with E-state index < -0.39 is 10.0 Å². The van der Waals surface area contributed by atoms with Crippen LogP contribution in [0.15, 0.2) is 60.7 Å². The molecule has 0 N–H and O–H groups in total. The molecule has 0 aromatic heterocycles. The second-order valence-electron chi connectivity index (χ2n) is 7.18. The lowest BCUT2D eigenvalue weighted by Crippen LogP contribution is -2.18. The minimum atomic E-state index is -0.872. The maximum absolute atomic E-state index is 2.51. The Balaban J connectivity index is 1.99. The Bertz CT molecular complexity index is 776. The normalized spacial score (nSPS) is 17.6. The van der Waals surface area contributed by atoms with E-state index in [1.165, 1.54) is 22.3 Å². The summed E-state index contributed by atoms with van der Waals surface area (Å²) in [5.41, 5.74) is 8.90. The molecule has 4 rings (SSSR count). The predicted molar refractivity (Wildman–Crippen MR) is 105 cm³/mol. The van der Waals surface area contributed by atoms with Crippen LogP contribution in [0.2, 0.25) is 0 Å². The zero-order valence-corrected chi connectivity index (χ0v) is 15.2. The molecule has 1 heteroatoms. The van der Waals surface area contributed by atoms with Gasteiger partial charge < -0.3 is 0 Å². The van der Waals surface area contributed by atoms with Crippen LogP contribution in [0.3, 0.4) is 0 Å². The highest BCUT2D eigenvalue weighted by atomic mass is 32.3. The van der Waals surface area contributed by atoms with Crippen LogP contribution in [0.1, 0.15) is 27.5 Å². The van der Waals surface area contributed by atoms with Gasteiger partial charge in [0.05, 0.1) is 0 Å². The second-order valence-corrected chi connectivity index (χ2v) is 11.2. The number of allylic oxidation sites excluding steroid dienone is 2. The first-order valence-electron chi connectivity index (χ1n) is 8.27. The first-order chi connectivity index (χ1) is 11.0. The van der Waals surface area contributed by atoms with Crippen LogP contribution in [-0.2, 0) is 0 Å². The molecule has 0 aliphatic heterocycles. The summed E-state index contributed by atoms with van der Waals surface area (Å²) in [6.45, 7) is 4.52. The van der Waals surface area contributed by atoms with Crippen molar-refractivity contribution in [2.24, 2.45) is 0 Å². The zero-order valence-electron chi connectivity index (χ0n) is 14.3. The molecule has 2 aliphatic rings. The number of benzene rings is 2. The van der Waals surface area contributed by atoms with Gasteiger partial charge in [0.25, 0.3) is 0 Å². The lowest BCUT2D eigenvalue weighted by atomic mass is 9.97. The fourth-order valence-corrected chi connectivity index (χ4v) is 7.30. The van der Waals surface area contributed by atoms with Crippen molar-refractivity contribution < 1.29 is 0 Å². The van der Waals surface area contributed by atoms with Crippen molar-refractivity contribution in [2.75, 3.05) is 12.5 Å². The average molecular weight is 321 g/mol. The van der Waals surface area contributed by atoms with E-state index in [0.29, 0.717) is 10.5 Å². The van der Waals surface area contributed by atoms with Gasteiger partial charge in [0.1, 0.15) is 0 Å². The SMILES string of the molecule is Cc1cccc2c1-c1c(C)cccc1C2S(C)(C)C1C=CC=C1. The van der Waals surface area contributed by atoms with Gasteiger partial charge in [0.15, 0.2) is 0 Å². The summed E-state index contributed by atoms with van der Waals surface area (Å²) in [4.78, 5) is 0. The molecular weight excluding hydrogens is 296 g/mol. The fraction of sp³-hybridized carbons (Fsp3) is 0.273. The molecule has 118 valence electrons. The van der Waals surface area contributed by atoms with Gasteiger partial charge in [0.2, 0.25) is 0 Å². The molecule has 0 bridgehead atoms. The van der Waals surface area contributed by atoms with Crippen molar-refractivity contribution in [1.82, 2.24) is 0 Å². The van der Waals surface area contributed by atoms with Gasteiger partial charge in [-0.05, 0) is 59.7 Å². The van der Waals surface area contributed by atoms with Gasteiger partial charge in [-0.3, -0.25) is 0 Å². The van der Waals surface area contributed by atoms with Crippen molar-refractivity contribution in [2.45, 2.75) is 24.3 Å². The Morgan fingerprint density at radius 3 is 1.70 bits per heavy atom. The lowest BCUT2D eigenvalue weighted by molar-refractivity contribution is 1.17. The molecule has 0 heterocycles. The van der Waals surface area contributed by atoms with Crippen molar-refractivity contribution >= 4 is 10.0 Å². The Morgan fingerprint density at radius 2 is 1.22 bits per heavy atom. The number of hydrogen-bond donors (Lipinski definition) is 0.